The fourth-order valence-corrected chi connectivity index (χ4v) is 4.33. The van der Waals surface area contributed by atoms with Gasteiger partial charge in [0.05, 0.1) is 30.1 Å². The molecule has 154 valence electrons. The van der Waals surface area contributed by atoms with Crippen LogP contribution in [0.5, 0.6) is 0 Å². The molecule has 0 bridgehead atoms. The maximum absolute atomic E-state index is 6.14. The first-order chi connectivity index (χ1) is 15.3. The zero-order chi connectivity index (χ0) is 20.8. The molecule has 0 amide bonds. The number of nitrogens with one attached hydrogen (secondary N) is 1. The molecule has 0 spiro atoms. The van der Waals surface area contributed by atoms with Crippen molar-refractivity contribution in [3.8, 4) is 0 Å². The van der Waals surface area contributed by atoms with E-state index in [2.05, 4.69) is 30.7 Å². The number of anilines is 1. The molecule has 8 heteroatoms. The largest absolute Gasteiger partial charge is 0.331 e. The predicted molar refractivity (Wildman–Crippen MR) is 122 cm³/mol. The Kier molecular flexibility index (Phi) is 4.36. The molecular weight excluding hydrogens is 410 g/mol. The second-order valence-corrected chi connectivity index (χ2v) is 8.15. The van der Waals surface area contributed by atoms with E-state index < -0.39 is 0 Å². The predicted octanol–water partition coefficient (Wildman–Crippen LogP) is 3.83. The number of imidazole rings is 1. The molecule has 2 aromatic carbocycles. The average molecular weight is 430 g/mol. The number of para-hydroxylation sites is 2. The normalized spacial score (nSPS) is 18.3. The number of guanidine groups is 1. The Hall–Kier alpha value is -3.42. The van der Waals surface area contributed by atoms with E-state index in [-0.39, 0.29) is 6.17 Å². The number of benzene rings is 2. The molecule has 2 aromatic heterocycles. The summed E-state index contributed by atoms with van der Waals surface area (Å²) in [6.45, 7) is 2.01. The van der Waals surface area contributed by atoms with Crippen molar-refractivity contribution in [2.75, 3.05) is 18.2 Å². The van der Waals surface area contributed by atoms with E-state index in [1.807, 2.05) is 66.9 Å². The van der Waals surface area contributed by atoms with Gasteiger partial charge in [0.15, 0.2) is 0 Å². The number of halogens is 1. The van der Waals surface area contributed by atoms with Crippen LogP contribution in [0, 0.1) is 0 Å². The third-order valence-electron chi connectivity index (χ3n) is 5.66. The standard InChI is InChI=1S/C23H20ClN7/c24-17-10-8-16(9-11-17)21-28-22-26-14-29(13-18-5-3-4-12-25-18)15-30(22)23-27-19-6-1-2-7-20(19)31(21)23/h1-12,21H,13-15H2,(H,26,28)/t21-/m1/s1. The van der Waals surface area contributed by atoms with Gasteiger partial charge in [-0.3, -0.25) is 19.4 Å². The lowest BCUT2D eigenvalue weighted by molar-refractivity contribution is 0.261. The second-order valence-electron chi connectivity index (χ2n) is 7.71. The number of fused-ring (bicyclic) bond motifs is 5. The first-order valence-electron chi connectivity index (χ1n) is 10.2. The molecule has 0 fully saturated rings. The number of hydrogen-bond donors (Lipinski definition) is 1. The summed E-state index contributed by atoms with van der Waals surface area (Å²) in [6.07, 6.45) is 1.71. The summed E-state index contributed by atoms with van der Waals surface area (Å²) < 4.78 is 2.24. The summed E-state index contributed by atoms with van der Waals surface area (Å²) in [4.78, 5) is 18.7. The molecule has 7 nitrogen and oxygen atoms in total. The Morgan fingerprint density at radius 2 is 1.84 bits per heavy atom. The lowest BCUT2D eigenvalue weighted by Gasteiger charge is -2.41. The first kappa shape index (κ1) is 18.4. The van der Waals surface area contributed by atoms with Crippen LogP contribution < -0.4 is 10.2 Å². The molecule has 0 saturated heterocycles. The van der Waals surface area contributed by atoms with Crippen LogP contribution in [-0.2, 0) is 6.54 Å². The maximum atomic E-state index is 6.14. The van der Waals surface area contributed by atoms with Crippen molar-refractivity contribution in [1.29, 1.82) is 0 Å². The van der Waals surface area contributed by atoms with E-state index >= 15 is 0 Å². The molecule has 2 aliphatic rings. The summed E-state index contributed by atoms with van der Waals surface area (Å²) in [5, 5.41) is 4.34. The molecule has 2 aliphatic heterocycles. The summed E-state index contributed by atoms with van der Waals surface area (Å²) in [6, 6.07) is 22.1. The van der Waals surface area contributed by atoms with Gasteiger partial charge in [-0.1, -0.05) is 41.9 Å². The quantitative estimate of drug-likeness (QED) is 0.536. The fourth-order valence-electron chi connectivity index (χ4n) is 4.21. The average Bonchev–Trinajstić information content (AvgIpc) is 3.20. The maximum Gasteiger partial charge on any atom is 0.216 e. The highest BCUT2D eigenvalue weighted by atomic mass is 35.5. The molecule has 6 rings (SSSR count). The summed E-state index contributed by atoms with van der Waals surface area (Å²) in [5.74, 6) is 1.71. The molecule has 0 aliphatic carbocycles. The highest BCUT2D eigenvalue weighted by molar-refractivity contribution is 6.30. The van der Waals surface area contributed by atoms with Crippen molar-refractivity contribution in [3.05, 3.63) is 89.2 Å². The minimum atomic E-state index is -0.114. The third-order valence-corrected chi connectivity index (χ3v) is 5.91. The second kappa shape index (κ2) is 7.37. The van der Waals surface area contributed by atoms with Crippen LogP contribution >= 0.6 is 11.6 Å². The highest BCUT2D eigenvalue weighted by Gasteiger charge is 2.35. The molecule has 4 heterocycles. The summed E-state index contributed by atoms with van der Waals surface area (Å²) in [7, 11) is 0. The van der Waals surface area contributed by atoms with Gasteiger partial charge in [0.2, 0.25) is 11.9 Å². The van der Waals surface area contributed by atoms with Crippen molar-refractivity contribution < 1.29 is 0 Å². The van der Waals surface area contributed by atoms with Crippen molar-refractivity contribution >= 4 is 34.5 Å². The summed E-state index contributed by atoms with van der Waals surface area (Å²) >= 11 is 6.14. The number of aromatic nitrogens is 3. The van der Waals surface area contributed by atoms with Crippen LogP contribution in [0.2, 0.25) is 5.02 Å². The van der Waals surface area contributed by atoms with Gasteiger partial charge in [0.25, 0.3) is 0 Å². The fraction of sp³-hybridized carbons (Fsp3) is 0.174. The van der Waals surface area contributed by atoms with E-state index in [1.54, 1.807) is 0 Å². The van der Waals surface area contributed by atoms with E-state index in [1.165, 1.54) is 0 Å². The van der Waals surface area contributed by atoms with Crippen LogP contribution in [0.25, 0.3) is 11.0 Å². The molecule has 1 atom stereocenters. The number of pyridine rings is 1. The number of rotatable bonds is 3. The van der Waals surface area contributed by atoms with Crippen molar-refractivity contribution in [3.63, 3.8) is 0 Å². The Bertz CT molecular complexity index is 1270. The SMILES string of the molecule is Clc1ccc([C@@H]2NC3=NCN(Cc4ccccn4)CN3c3nc4ccccc4n32)cc1. The first-order valence-corrected chi connectivity index (χ1v) is 10.6. The minimum Gasteiger partial charge on any atom is -0.331 e. The van der Waals surface area contributed by atoms with Crippen LogP contribution in [0.4, 0.5) is 5.95 Å². The number of aliphatic imine (C=N–C) groups is 1. The summed E-state index contributed by atoms with van der Waals surface area (Å²) in [5.41, 5.74) is 4.16. The molecule has 0 saturated carbocycles. The minimum absolute atomic E-state index is 0.114. The Morgan fingerprint density at radius 3 is 2.68 bits per heavy atom. The number of hydrogen-bond acceptors (Lipinski definition) is 6. The van der Waals surface area contributed by atoms with Gasteiger partial charge in [0.1, 0.15) is 6.17 Å². The smallest absolute Gasteiger partial charge is 0.216 e. The zero-order valence-electron chi connectivity index (χ0n) is 16.7. The van der Waals surface area contributed by atoms with Gasteiger partial charge in [-0.05, 0) is 42.0 Å². The molecule has 1 N–H and O–H groups in total. The lowest BCUT2D eigenvalue weighted by atomic mass is 10.1. The van der Waals surface area contributed by atoms with Crippen LogP contribution in [-0.4, -0.2) is 38.7 Å². The topological polar surface area (TPSA) is 61.6 Å². The monoisotopic (exact) mass is 429 g/mol. The lowest BCUT2D eigenvalue weighted by Crippen LogP contribution is -2.57. The van der Waals surface area contributed by atoms with E-state index in [0.29, 0.717) is 13.3 Å². The molecule has 0 radical (unpaired) electrons. The van der Waals surface area contributed by atoms with Crippen LogP contribution in [0.3, 0.4) is 0 Å². The van der Waals surface area contributed by atoms with Crippen molar-refractivity contribution in [2.45, 2.75) is 12.7 Å². The van der Waals surface area contributed by atoms with Gasteiger partial charge in [0, 0.05) is 17.8 Å². The van der Waals surface area contributed by atoms with Gasteiger partial charge < -0.3 is 5.32 Å². The van der Waals surface area contributed by atoms with Crippen molar-refractivity contribution in [2.24, 2.45) is 4.99 Å². The highest BCUT2D eigenvalue weighted by Crippen LogP contribution is 2.34. The van der Waals surface area contributed by atoms with Crippen LogP contribution in [0.15, 0.2) is 77.9 Å². The van der Waals surface area contributed by atoms with Crippen molar-refractivity contribution in [1.82, 2.24) is 24.8 Å². The molecule has 0 unspecified atom stereocenters. The third kappa shape index (κ3) is 3.22. The van der Waals surface area contributed by atoms with Gasteiger partial charge in [-0.2, -0.15) is 0 Å². The Labute approximate surface area is 184 Å². The number of nitrogens with zero attached hydrogens (tertiary/aromatic N) is 6. The molecule has 31 heavy (non-hydrogen) atoms. The van der Waals surface area contributed by atoms with Gasteiger partial charge in [-0.15, -0.1) is 0 Å². The Balaban J connectivity index is 1.42. The Morgan fingerprint density at radius 1 is 1.00 bits per heavy atom. The zero-order valence-corrected chi connectivity index (χ0v) is 17.4. The molecule has 4 aromatic rings. The van der Waals surface area contributed by atoms with Gasteiger partial charge in [-0.25, -0.2) is 9.98 Å². The van der Waals surface area contributed by atoms with Gasteiger partial charge >= 0.3 is 0 Å². The van der Waals surface area contributed by atoms with Crippen LogP contribution in [0.1, 0.15) is 17.4 Å². The van der Waals surface area contributed by atoms with E-state index in [4.69, 9.17) is 21.6 Å². The van der Waals surface area contributed by atoms with E-state index in [9.17, 15) is 0 Å². The van der Waals surface area contributed by atoms with E-state index in [0.717, 1.165) is 45.8 Å². The molecular formula is C23H20ClN7.